The fraction of sp³-hybridized carbons (Fsp3) is 0.371. The minimum Gasteiger partial charge on any atom is -0.392 e. The summed E-state index contributed by atoms with van der Waals surface area (Å²) >= 11 is 1.56. The van der Waals surface area contributed by atoms with Gasteiger partial charge in [0.15, 0.2) is 11.4 Å². The van der Waals surface area contributed by atoms with Gasteiger partial charge in [-0.25, -0.2) is 10.5 Å². The summed E-state index contributed by atoms with van der Waals surface area (Å²) in [7, 11) is 0. The summed E-state index contributed by atoms with van der Waals surface area (Å²) in [6, 6.07) is 24.1. The molecule has 5 rings (SSSR count). The molecule has 2 amide bonds. The van der Waals surface area contributed by atoms with Crippen LogP contribution in [0.4, 0.5) is 0 Å². The van der Waals surface area contributed by atoms with E-state index in [1.165, 1.54) is 6.33 Å². The maximum absolute atomic E-state index is 12.4. The number of H-pyrrole nitrogens is 1. The van der Waals surface area contributed by atoms with Gasteiger partial charge >= 0.3 is 0 Å². The Balaban J connectivity index is 1.17. The molecule has 0 saturated carbocycles. The lowest BCUT2D eigenvalue weighted by molar-refractivity contribution is -0.245. The van der Waals surface area contributed by atoms with Crippen molar-refractivity contribution in [1.82, 2.24) is 26.0 Å². The van der Waals surface area contributed by atoms with E-state index in [1.54, 1.807) is 17.2 Å². The van der Waals surface area contributed by atoms with Gasteiger partial charge in [-0.3, -0.25) is 19.9 Å². The van der Waals surface area contributed by atoms with Crippen LogP contribution in [0.15, 0.2) is 84.3 Å². The zero-order valence-electron chi connectivity index (χ0n) is 26.1. The molecule has 11 nitrogen and oxygen atoms in total. The second-order valence-corrected chi connectivity index (χ2v) is 12.5. The first-order valence-corrected chi connectivity index (χ1v) is 16.9. The Morgan fingerprint density at radius 1 is 0.872 bits per heavy atom. The quantitative estimate of drug-likeness (QED) is 0.0436. The van der Waals surface area contributed by atoms with Gasteiger partial charge in [0.05, 0.1) is 18.8 Å². The molecule has 248 valence electrons. The third kappa shape index (κ3) is 10.5. The first-order chi connectivity index (χ1) is 23.0. The molecule has 0 aliphatic carbocycles. The number of amides is 2. The van der Waals surface area contributed by atoms with E-state index in [0.717, 1.165) is 57.8 Å². The van der Waals surface area contributed by atoms with Gasteiger partial charge in [-0.15, -0.1) is 0 Å². The Labute approximate surface area is 278 Å². The summed E-state index contributed by atoms with van der Waals surface area (Å²) in [5.41, 5.74) is 7.54. The number of unbranched alkanes of at least 4 members (excludes halogenated alkanes) is 3. The van der Waals surface area contributed by atoms with Crippen molar-refractivity contribution in [3.63, 3.8) is 0 Å². The van der Waals surface area contributed by atoms with Crippen molar-refractivity contribution >= 4 is 23.6 Å². The molecule has 3 aromatic carbocycles. The molecule has 0 bridgehead atoms. The molecular weight excluding hydrogens is 618 g/mol. The number of aromatic nitrogens is 3. The van der Waals surface area contributed by atoms with Crippen molar-refractivity contribution in [2.45, 2.75) is 81.8 Å². The fourth-order valence-electron chi connectivity index (χ4n) is 5.42. The molecular formula is C35H41N5O6S. The van der Waals surface area contributed by atoms with E-state index >= 15 is 0 Å². The van der Waals surface area contributed by atoms with Gasteiger partial charge in [0.1, 0.15) is 6.33 Å². The molecule has 5 N–H and O–H groups in total. The van der Waals surface area contributed by atoms with Gasteiger partial charge in [0, 0.05) is 37.1 Å². The lowest BCUT2D eigenvalue weighted by atomic mass is 9.99. The van der Waals surface area contributed by atoms with E-state index < -0.39 is 6.29 Å². The zero-order valence-corrected chi connectivity index (χ0v) is 27.0. The average Bonchev–Trinajstić information content (AvgIpc) is 3.65. The Bertz CT molecular complexity index is 1550. The number of ether oxygens (including phenoxy) is 2. The molecule has 3 atom stereocenters. The number of nitrogens with one attached hydrogen (secondary N) is 3. The van der Waals surface area contributed by atoms with Crippen LogP contribution in [-0.4, -0.2) is 49.2 Å². The molecule has 0 spiro atoms. The number of carbonyl (C=O) groups excluding carboxylic acids is 2. The molecule has 1 saturated heterocycles. The third-order valence-corrected chi connectivity index (χ3v) is 9.04. The predicted molar refractivity (Wildman–Crippen MR) is 177 cm³/mol. The molecule has 2 heterocycles. The van der Waals surface area contributed by atoms with E-state index in [4.69, 9.17) is 14.7 Å². The second kappa shape index (κ2) is 17.7. The number of thioether (sulfide) groups is 1. The maximum Gasteiger partial charge on any atom is 0.243 e. The van der Waals surface area contributed by atoms with Crippen LogP contribution in [0.25, 0.3) is 11.1 Å². The number of hydrogen-bond acceptors (Lipinski definition) is 9. The highest BCUT2D eigenvalue weighted by Gasteiger charge is 2.32. The smallest absolute Gasteiger partial charge is 0.243 e. The number of rotatable bonds is 16. The van der Waals surface area contributed by atoms with Crippen molar-refractivity contribution in [2.24, 2.45) is 0 Å². The van der Waals surface area contributed by atoms with Gasteiger partial charge in [-0.05, 0) is 46.7 Å². The second-order valence-electron chi connectivity index (χ2n) is 11.5. The van der Waals surface area contributed by atoms with Crippen LogP contribution in [0.2, 0.25) is 0 Å². The minimum atomic E-state index is -0.553. The topological polar surface area (TPSA) is 159 Å². The Morgan fingerprint density at radius 3 is 2.32 bits per heavy atom. The summed E-state index contributed by atoms with van der Waals surface area (Å²) in [5.74, 6) is 0.306. The average molecular weight is 660 g/mol. The largest absolute Gasteiger partial charge is 0.392 e. The third-order valence-electron chi connectivity index (χ3n) is 8.03. The maximum atomic E-state index is 12.4. The molecule has 1 aliphatic heterocycles. The molecule has 1 aliphatic rings. The number of aliphatic hydroxyl groups excluding tert-OH is 1. The number of nitrogens with zero attached hydrogens (tertiary/aromatic N) is 2. The van der Waals surface area contributed by atoms with Crippen LogP contribution in [0, 0.1) is 0 Å². The van der Waals surface area contributed by atoms with Gasteiger partial charge in [-0.2, -0.15) is 5.10 Å². The number of aliphatic hydroxyl groups is 1. The van der Waals surface area contributed by atoms with Crippen LogP contribution in [0.1, 0.15) is 79.6 Å². The molecule has 0 unspecified atom stereocenters. The number of carbonyl (C=O) groups is 2. The van der Waals surface area contributed by atoms with Gasteiger partial charge in [-0.1, -0.05) is 91.3 Å². The van der Waals surface area contributed by atoms with Crippen molar-refractivity contribution in [3.05, 3.63) is 101 Å². The summed E-state index contributed by atoms with van der Waals surface area (Å²) in [4.78, 5) is 27.6. The summed E-state index contributed by atoms with van der Waals surface area (Å²) < 4.78 is 12.9. The molecule has 1 fully saturated rings. The first-order valence-electron chi connectivity index (χ1n) is 15.9. The van der Waals surface area contributed by atoms with Crippen LogP contribution in [0.3, 0.4) is 0 Å². The fourth-order valence-corrected chi connectivity index (χ4v) is 6.22. The predicted octanol–water partition coefficient (Wildman–Crippen LogP) is 5.76. The standard InChI is InChI=1S/C35H41N5O6S/c41-21-24-10-12-27(13-11-24)31-19-30(22-47-35-37-23-38-39-35)45-34(46-31)28-16-14-26(15-17-28)29-7-5-6-25(18-29)20-36-32(42)8-3-1-2-4-9-33(43)40-44/h5-7,10-18,23,30-31,34,41,44H,1-4,8-9,19-22H2,(H,36,42)(H,40,43)(H,37,38,39)/t30-,31+,34+/m1/s1. The minimum absolute atomic E-state index is 0.000476. The lowest BCUT2D eigenvalue weighted by Crippen LogP contribution is -2.31. The molecule has 12 heteroatoms. The van der Waals surface area contributed by atoms with E-state index in [1.807, 2.05) is 54.6 Å². The summed E-state index contributed by atoms with van der Waals surface area (Å²) in [6.45, 7) is 0.440. The van der Waals surface area contributed by atoms with Crippen molar-refractivity contribution in [1.29, 1.82) is 0 Å². The van der Waals surface area contributed by atoms with Crippen molar-refractivity contribution in [3.8, 4) is 11.1 Å². The van der Waals surface area contributed by atoms with Crippen LogP contribution < -0.4 is 10.8 Å². The van der Waals surface area contributed by atoms with Crippen molar-refractivity contribution < 1.29 is 29.4 Å². The van der Waals surface area contributed by atoms with Crippen molar-refractivity contribution in [2.75, 3.05) is 5.75 Å². The van der Waals surface area contributed by atoms with Gasteiger partial charge < -0.3 is 19.9 Å². The van der Waals surface area contributed by atoms with E-state index in [0.29, 0.717) is 31.6 Å². The highest BCUT2D eigenvalue weighted by atomic mass is 32.2. The molecule has 0 radical (unpaired) electrons. The van der Waals surface area contributed by atoms with Crippen LogP contribution >= 0.6 is 11.8 Å². The number of aromatic amines is 1. The number of hydroxylamine groups is 1. The van der Waals surface area contributed by atoms with E-state index in [2.05, 4.69) is 38.7 Å². The summed E-state index contributed by atoms with van der Waals surface area (Å²) in [6.07, 6.45) is 5.23. The Hall–Kier alpha value is -4.07. The SMILES string of the molecule is O=C(CCCCCCC(=O)NCc1cccc(-c2ccc([C@H]3O[C@@H](CSc4ncn[nH]4)C[C@@H](c4ccc(CO)cc4)O3)cc2)c1)NO. The van der Waals surface area contributed by atoms with E-state index in [-0.39, 0.29) is 37.0 Å². The molecule has 1 aromatic heterocycles. The highest BCUT2D eigenvalue weighted by Crippen LogP contribution is 2.39. The lowest BCUT2D eigenvalue weighted by Gasteiger charge is -2.36. The van der Waals surface area contributed by atoms with Gasteiger partial charge in [0.25, 0.3) is 0 Å². The van der Waals surface area contributed by atoms with E-state index in [9.17, 15) is 14.7 Å². The Kier molecular flexibility index (Phi) is 12.9. The monoisotopic (exact) mass is 659 g/mol. The number of benzene rings is 3. The highest BCUT2D eigenvalue weighted by molar-refractivity contribution is 7.99. The van der Waals surface area contributed by atoms with Gasteiger partial charge in [0.2, 0.25) is 11.8 Å². The zero-order chi connectivity index (χ0) is 32.8. The molecule has 4 aromatic rings. The number of hydrogen-bond donors (Lipinski definition) is 5. The van der Waals surface area contributed by atoms with Crippen LogP contribution in [0.5, 0.6) is 0 Å². The Morgan fingerprint density at radius 2 is 1.62 bits per heavy atom. The molecule has 47 heavy (non-hydrogen) atoms. The normalized spacial score (nSPS) is 17.7. The summed E-state index contributed by atoms with van der Waals surface area (Å²) in [5, 5.41) is 28.6. The first kappa shape index (κ1) is 34.3. The van der Waals surface area contributed by atoms with Crippen LogP contribution in [-0.2, 0) is 32.2 Å².